The summed E-state index contributed by atoms with van der Waals surface area (Å²) in [6.45, 7) is 7.20. The van der Waals surface area contributed by atoms with Gasteiger partial charge < -0.3 is 5.32 Å². The summed E-state index contributed by atoms with van der Waals surface area (Å²) in [5.41, 5.74) is 1.84. The van der Waals surface area contributed by atoms with E-state index in [1.807, 2.05) is 13.8 Å². The van der Waals surface area contributed by atoms with Gasteiger partial charge in [-0.15, -0.1) is 0 Å². The van der Waals surface area contributed by atoms with Gasteiger partial charge in [0, 0.05) is 6.54 Å². The van der Waals surface area contributed by atoms with Crippen LogP contribution in [0.4, 0.5) is 5.82 Å². The minimum atomic E-state index is 0.488. The molecule has 4 heteroatoms. The van der Waals surface area contributed by atoms with Crippen LogP contribution in [0.2, 0.25) is 5.15 Å². The number of nitrogens with zero attached hydrogens (tertiary/aromatic N) is 2. The molecule has 2 rings (SSSR count). The number of nitrogens with one attached hydrogen (secondary N) is 1. The van der Waals surface area contributed by atoms with Gasteiger partial charge in [0.1, 0.15) is 0 Å². The largest absolute Gasteiger partial charge is 0.367 e. The van der Waals surface area contributed by atoms with E-state index in [9.17, 15) is 0 Å². The minimum absolute atomic E-state index is 0.488. The predicted molar refractivity (Wildman–Crippen MR) is 76.1 cm³/mol. The van der Waals surface area contributed by atoms with Crippen LogP contribution in [-0.2, 0) is 0 Å². The van der Waals surface area contributed by atoms with Gasteiger partial charge in [0.05, 0.1) is 11.4 Å². The van der Waals surface area contributed by atoms with Crippen molar-refractivity contribution in [1.29, 1.82) is 0 Å². The quantitative estimate of drug-likeness (QED) is 0.900. The van der Waals surface area contributed by atoms with Gasteiger partial charge in [-0.1, -0.05) is 31.4 Å². The van der Waals surface area contributed by atoms with Gasteiger partial charge in [0.15, 0.2) is 11.0 Å². The second kappa shape index (κ2) is 5.87. The molecule has 1 aliphatic carbocycles. The molecule has 0 bridgehead atoms. The van der Waals surface area contributed by atoms with Gasteiger partial charge in [-0.2, -0.15) is 0 Å². The molecule has 1 saturated carbocycles. The Morgan fingerprint density at radius 2 is 1.94 bits per heavy atom. The van der Waals surface area contributed by atoms with Crippen LogP contribution in [-0.4, -0.2) is 16.5 Å². The molecule has 0 aliphatic heterocycles. The van der Waals surface area contributed by atoms with E-state index in [0.717, 1.165) is 35.6 Å². The fraction of sp³-hybridized carbons (Fsp3) is 0.714. The third-order valence-electron chi connectivity index (χ3n) is 3.87. The highest BCUT2D eigenvalue weighted by Gasteiger charge is 2.19. The summed E-state index contributed by atoms with van der Waals surface area (Å²) < 4.78 is 0. The Morgan fingerprint density at radius 1 is 1.22 bits per heavy atom. The molecule has 0 amide bonds. The van der Waals surface area contributed by atoms with E-state index >= 15 is 0 Å². The monoisotopic (exact) mass is 267 g/mol. The summed E-state index contributed by atoms with van der Waals surface area (Å²) in [7, 11) is 0. The number of aryl methyl sites for hydroxylation is 2. The van der Waals surface area contributed by atoms with Crippen molar-refractivity contribution in [2.45, 2.75) is 46.5 Å². The number of hydrogen-bond acceptors (Lipinski definition) is 3. The molecule has 0 radical (unpaired) electrons. The lowest BCUT2D eigenvalue weighted by Crippen LogP contribution is -2.21. The number of rotatable bonds is 3. The smallest absolute Gasteiger partial charge is 0.171 e. The third kappa shape index (κ3) is 3.35. The first-order valence-electron chi connectivity index (χ1n) is 6.81. The average molecular weight is 268 g/mol. The molecule has 2 atom stereocenters. The minimum Gasteiger partial charge on any atom is -0.367 e. The first kappa shape index (κ1) is 13.6. The summed E-state index contributed by atoms with van der Waals surface area (Å²) in [5.74, 6) is 2.33. The average Bonchev–Trinajstić information content (AvgIpc) is 2.32. The molecule has 100 valence electrons. The Bertz CT molecular complexity index is 420. The second-order valence-corrected chi connectivity index (χ2v) is 5.91. The fourth-order valence-electron chi connectivity index (χ4n) is 2.67. The van der Waals surface area contributed by atoms with E-state index in [4.69, 9.17) is 11.6 Å². The lowest BCUT2D eigenvalue weighted by atomic mass is 9.82. The van der Waals surface area contributed by atoms with Gasteiger partial charge in [0.2, 0.25) is 0 Å². The van der Waals surface area contributed by atoms with E-state index in [-0.39, 0.29) is 0 Å². The third-order valence-corrected chi connectivity index (χ3v) is 4.13. The Morgan fingerprint density at radius 3 is 2.67 bits per heavy atom. The molecule has 18 heavy (non-hydrogen) atoms. The van der Waals surface area contributed by atoms with Crippen LogP contribution in [0, 0.1) is 25.7 Å². The maximum atomic E-state index is 6.11. The molecule has 0 aromatic carbocycles. The van der Waals surface area contributed by atoms with Gasteiger partial charge in [-0.3, -0.25) is 0 Å². The van der Waals surface area contributed by atoms with Crippen LogP contribution in [0.3, 0.4) is 0 Å². The summed E-state index contributed by atoms with van der Waals surface area (Å²) in [6.07, 6.45) is 5.34. The summed E-state index contributed by atoms with van der Waals surface area (Å²) in [5, 5.41) is 3.85. The van der Waals surface area contributed by atoms with E-state index in [1.165, 1.54) is 25.7 Å². The van der Waals surface area contributed by atoms with E-state index in [0.29, 0.717) is 5.15 Å². The molecular weight excluding hydrogens is 246 g/mol. The van der Waals surface area contributed by atoms with Gasteiger partial charge in [-0.05, 0) is 38.5 Å². The van der Waals surface area contributed by atoms with Crippen LogP contribution in [0.15, 0.2) is 0 Å². The number of hydrogen-bond donors (Lipinski definition) is 1. The summed E-state index contributed by atoms with van der Waals surface area (Å²) >= 11 is 6.11. The Balaban J connectivity index is 1.95. The van der Waals surface area contributed by atoms with Crippen LogP contribution in [0.25, 0.3) is 0 Å². The zero-order valence-electron chi connectivity index (χ0n) is 11.5. The fourth-order valence-corrected chi connectivity index (χ4v) is 2.91. The first-order valence-corrected chi connectivity index (χ1v) is 7.18. The van der Waals surface area contributed by atoms with Crippen LogP contribution >= 0.6 is 11.6 Å². The number of aromatic nitrogens is 2. The van der Waals surface area contributed by atoms with Crippen molar-refractivity contribution in [3.8, 4) is 0 Å². The van der Waals surface area contributed by atoms with Crippen molar-refractivity contribution < 1.29 is 0 Å². The van der Waals surface area contributed by atoms with Crippen molar-refractivity contribution in [3.05, 3.63) is 16.5 Å². The lowest BCUT2D eigenvalue weighted by Gasteiger charge is -2.27. The van der Waals surface area contributed by atoms with Gasteiger partial charge in [-0.25, -0.2) is 9.97 Å². The normalized spacial score (nSPS) is 24.0. The molecule has 0 saturated heterocycles. The van der Waals surface area contributed by atoms with E-state index in [2.05, 4.69) is 22.2 Å². The lowest BCUT2D eigenvalue weighted by molar-refractivity contribution is 0.293. The van der Waals surface area contributed by atoms with Crippen molar-refractivity contribution in [2.24, 2.45) is 11.8 Å². The van der Waals surface area contributed by atoms with Crippen LogP contribution in [0.1, 0.15) is 44.0 Å². The number of halogens is 1. The highest BCUT2D eigenvalue weighted by atomic mass is 35.5. The number of anilines is 1. The van der Waals surface area contributed by atoms with Crippen LogP contribution in [0.5, 0.6) is 0 Å². The molecule has 2 unspecified atom stereocenters. The second-order valence-electron chi connectivity index (χ2n) is 5.55. The maximum absolute atomic E-state index is 6.11. The zero-order valence-corrected chi connectivity index (χ0v) is 12.2. The molecule has 1 N–H and O–H groups in total. The Hall–Kier alpha value is -0.830. The van der Waals surface area contributed by atoms with Crippen molar-refractivity contribution in [1.82, 2.24) is 9.97 Å². The highest BCUT2D eigenvalue weighted by molar-refractivity contribution is 6.31. The topological polar surface area (TPSA) is 37.8 Å². The summed E-state index contributed by atoms with van der Waals surface area (Å²) in [6, 6.07) is 0. The molecule has 1 fully saturated rings. The SMILES string of the molecule is Cc1nc(Cl)c(NCC2CCCC(C)C2)nc1C. The van der Waals surface area contributed by atoms with Crippen LogP contribution < -0.4 is 5.32 Å². The Kier molecular flexibility index (Phi) is 4.44. The van der Waals surface area contributed by atoms with Crippen molar-refractivity contribution >= 4 is 17.4 Å². The molecule has 1 heterocycles. The van der Waals surface area contributed by atoms with E-state index < -0.39 is 0 Å². The van der Waals surface area contributed by atoms with E-state index in [1.54, 1.807) is 0 Å². The van der Waals surface area contributed by atoms with Gasteiger partial charge in [0.25, 0.3) is 0 Å². The van der Waals surface area contributed by atoms with Gasteiger partial charge >= 0.3 is 0 Å². The first-order chi connectivity index (χ1) is 8.56. The molecular formula is C14H22ClN3. The standard InChI is InChI=1S/C14H22ClN3/c1-9-5-4-6-12(7-9)8-16-14-13(15)17-10(2)11(3)18-14/h9,12H,4-8H2,1-3H3,(H,16,18). The molecule has 1 aliphatic rings. The molecule has 3 nitrogen and oxygen atoms in total. The molecule has 0 spiro atoms. The van der Waals surface area contributed by atoms with Crippen molar-refractivity contribution in [2.75, 3.05) is 11.9 Å². The van der Waals surface area contributed by atoms with Crippen molar-refractivity contribution in [3.63, 3.8) is 0 Å². The molecule has 1 aromatic heterocycles. The summed E-state index contributed by atoms with van der Waals surface area (Å²) in [4.78, 5) is 8.76. The zero-order chi connectivity index (χ0) is 13.1. The molecule has 1 aromatic rings. The Labute approximate surface area is 114 Å². The highest BCUT2D eigenvalue weighted by Crippen LogP contribution is 2.29. The maximum Gasteiger partial charge on any atom is 0.171 e. The predicted octanol–water partition coefficient (Wildman–Crippen LogP) is 3.99.